The third-order valence-corrected chi connectivity index (χ3v) is 4.39. The van der Waals surface area contributed by atoms with Gasteiger partial charge in [-0.15, -0.1) is 0 Å². The minimum Gasteiger partial charge on any atom is -0.434 e. The molecule has 1 fully saturated rings. The maximum absolute atomic E-state index is 13.7. The lowest BCUT2D eigenvalue weighted by Crippen LogP contribution is -2.39. The minimum atomic E-state index is -0.452. The van der Waals surface area contributed by atoms with Crippen LogP contribution in [0.5, 0.6) is 11.6 Å². The van der Waals surface area contributed by atoms with Crippen LogP contribution in [-0.2, 0) is 9.53 Å². The van der Waals surface area contributed by atoms with Crippen LogP contribution >= 0.6 is 0 Å². The number of hydrogen-bond acceptors (Lipinski definition) is 5. The van der Waals surface area contributed by atoms with E-state index >= 15 is 0 Å². The van der Waals surface area contributed by atoms with Crippen molar-refractivity contribution in [2.24, 2.45) is 0 Å². The number of aromatic nitrogens is 2. The summed E-state index contributed by atoms with van der Waals surface area (Å²) in [6, 6.07) is 6.17. The highest BCUT2D eigenvalue weighted by Crippen LogP contribution is 2.28. The zero-order chi connectivity index (χ0) is 18.4. The van der Waals surface area contributed by atoms with Crippen molar-refractivity contribution in [3.05, 3.63) is 48.2 Å². The maximum Gasteiger partial charge on any atom is 0.238 e. The molecule has 0 radical (unpaired) electrons. The van der Waals surface area contributed by atoms with Crippen LogP contribution in [0.4, 0.5) is 4.39 Å². The number of likely N-dealkylation sites (tertiary alicyclic amines) is 1. The summed E-state index contributed by atoms with van der Waals surface area (Å²) in [5.74, 6) is 0.0804. The van der Waals surface area contributed by atoms with Crippen molar-refractivity contribution in [1.82, 2.24) is 14.9 Å². The SMILES string of the molecule is COCCC(=O)N1CCCC(c2cncc(Oc3ccccc3F)n2)C1. The number of rotatable bonds is 6. The summed E-state index contributed by atoms with van der Waals surface area (Å²) in [5.41, 5.74) is 0.753. The molecule has 7 heteroatoms. The largest absolute Gasteiger partial charge is 0.434 e. The summed E-state index contributed by atoms with van der Waals surface area (Å²) in [7, 11) is 1.59. The Balaban J connectivity index is 1.69. The number of halogens is 1. The Morgan fingerprint density at radius 1 is 1.35 bits per heavy atom. The first-order valence-corrected chi connectivity index (χ1v) is 8.68. The fourth-order valence-electron chi connectivity index (χ4n) is 3.04. The minimum absolute atomic E-state index is 0.0864. The van der Waals surface area contributed by atoms with Crippen LogP contribution in [0.2, 0.25) is 0 Å². The number of benzene rings is 1. The second-order valence-electron chi connectivity index (χ2n) is 6.24. The van der Waals surface area contributed by atoms with Crippen LogP contribution in [0.3, 0.4) is 0 Å². The van der Waals surface area contributed by atoms with Gasteiger partial charge in [-0.05, 0) is 25.0 Å². The quantitative estimate of drug-likeness (QED) is 0.793. The van der Waals surface area contributed by atoms with Gasteiger partial charge >= 0.3 is 0 Å². The van der Waals surface area contributed by atoms with Gasteiger partial charge in [0.2, 0.25) is 11.8 Å². The molecule has 1 unspecified atom stereocenters. The van der Waals surface area contributed by atoms with Gasteiger partial charge in [0, 0.05) is 32.3 Å². The van der Waals surface area contributed by atoms with Crippen molar-refractivity contribution in [3.8, 4) is 11.6 Å². The highest BCUT2D eigenvalue weighted by molar-refractivity contribution is 5.76. The van der Waals surface area contributed by atoms with E-state index in [4.69, 9.17) is 9.47 Å². The number of piperidine rings is 1. The van der Waals surface area contributed by atoms with E-state index in [0.717, 1.165) is 25.1 Å². The van der Waals surface area contributed by atoms with Crippen molar-refractivity contribution in [2.45, 2.75) is 25.2 Å². The Bertz CT molecular complexity index is 756. The normalized spacial score (nSPS) is 17.2. The lowest BCUT2D eigenvalue weighted by Gasteiger charge is -2.32. The maximum atomic E-state index is 13.7. The molecule has 0 saturated carbocycles. The van der Waals surface area contributed by atoms with Crippen molar-refractivity contribution in [2.75, 3.05) is 26.8 Å². The van der Waals surface area contributed by atoms with Gasteiger partial charge in [-0.3, -0.25) is 9.78 Å². The second kappa shape index (κ2) is 8.71. The van der Waals surface area contributed by atoms with E-state index in [2.05, 4.69) is 9.97 Å². The first-order chi connectivity index (χ1) is 12.7. The summed E-state index contributed by atoms with van der Waals surface area (Å²) in [6.45, 7) is 1.77. The molecule has 0 N–H and O–H groups in total. The summed E-state index contributed by atoms with van der Waals surface area (Å²) >= 11 is 0. The smallest absolute Gasteiger partial charge is 0.238 e. The van der Waals surface area contributed by atoms with Crippen LogP contribution in [0, 0.1) is 5.82 Å². The molecular formula is C19H22FN3O3. The molecule has 1 aliphatic rings. The van der Waals surface area contributed by atoms with Crippen molar-refractivity contribution < 1.29 is 18.7 Å². The van der Waals surface area contributed by atoms with E-state index in [-0.39, 0.29) is 23.5 Å². The molecule has 26 heavy (non-hydrogen) atoms. The number of ether oxygens (including phenoxy) is 2. The molecule has 1 aliphatic heterocycles. The molecule has 1 amide bonds. The average Bonchev–Trinajstić information content (AvgIpc) is 2.68. The Morgan fingerprint density at radius 3 is 3.00 bits per heavy atom. The van der Waals surface area contributed by atoms with Crippen LogP contribution in [0.1, 0.15) is 30.9 Å². The van der Waals surface area contributed by atoms with E-state index in [9.17, 15) is 9.18 Å². The number of carbonyl (C=O) groups is 1. The molecule has 0 bridgehead atoms. The van der Waals surface area contributed by atoms with Gasteiger partial charge in [0.05, 0.1) is 24.9 Å². The highest BCUT2D eigenvalue weighted by atomic mass is 19.1. The predicted molar refractivity (Wildman–Crippen MR) is 93.6 cm³/mol. The zero-order valence-corrected chi connectivity index (χ0v) is 14.7. The van der Waals surface area contributed by atoms with Gasteiger partial charge in [-0.1, -0.05) is 12.1 Å². The lowest BCUT2D eigenvalue weighted by molar-refractivity contribution is -0.133. The fraction of sp³-hybridized carbons (Fsp3) is 0.421. The zero-order valence-electron chi connectivity index (χ0n) is 14.7. The van der Waals surface area contributed by atoms with Gasteiger partial charge in [-0.25, -0.2) is 9.37 Å². The molecule has 6 nitrogen and oxygen atoms in total. The van der Waals surface area contributed by atoms with Gasteiger partial charge in [0.1, 0.15) is 0 Å². The first kappa shape index (κ1) is 18.3. The summed E-state index contributed by atoms with van der Waals surface area (Å²) in [5, 5.41) is 0. The lowest BCUT2D eigenvalue weighted by atomic mass is 9.95. The van der Waals surface area contributed by atoms with E-state index < -0.39 is 5.82 Å². The molecule has 1 aromatic carbocycles. The number of amides is 1. The third kappa shape index (κ3) is 4.54. The summed E-state index contributed by atoms with van der Waals surface area (Å²) < 4.78 is 24.2. The topological polar surface area (TPSA) is 64.5 Å². The van der Waals surface area contributed by atoms with Crippen molar-refractivity contribution in [1.29, 1.82) is 0 Å². The Hall–Kier alpha value is -2.54. The van der Waals surface area contributed by atoms with Gasteiger partial charge in [0.15, 0.2) is 11.6 Å². The van der Waals surface area contributed by atoms with E-state index in [1.165, 1.54) is 12.3 Å². The summed E-state index contributed by atoms with van der Waals surface area (Å²) in [4.78, 5) is 22.7. The van der Waals surface area contributed by atoms with E-state index in [1.54, 1.807) is 31.5 Å². The molecule has 1 aromatic heterocycles. The molecule has 3 rings (SSSR count). The van der Waals surface area contributed by atoms with Gasteiger partial charge < -0.3 is 14.4 Å². The predicted octanol–water partition coefficient (Wildman–Crippen LogP) is 3.15. The van der Waals surface area contributed by atoms with Crippen LogP contribution in [0.25, 0.3) is 0 Å². The Kier molecular flexibility index (Phi) is 6.12. The molecule has 0 spiro atoms. The third-order valence-electron chi connectivity index (χ3n) is 4.39. The summed E-state index contributed by atoms with van der Waals surface area (Å²) in [6.07, 6.45) is 5.35. The molecule has 1 saturated heterocycles. The number of para-hydroxylation sites is 1. The molecule has 0 aliphatic carbocycles. The van der Waals surface area contributed by atoms with E-state index in [1.807, 2.05) is 4.90 Å². The number of carbonyl (C=O) groups excluding carboxylic acids is 1. The number of hydrogen-bond donors (Lipinski definition) is 0. The van der Waals surface area contributed by atoms with Crippen LogP contribution in [-0.4, -0.2) is 47.6 Å². The molecule has 2 heterocycles. The fourth-order valence-corrected chi connectivity index (χ4v) is 3.04. The standard InChI is InChI=1S/C19H22FN3O3/c1-25-10-8-19(24)23-9-4-5-14(13-23)16-11-21-12-18(22-16)26-17-7-3-2-6-15(17)20/h2-3,6-7,11-12,14H,4-5,8-10,13H2,1H3. The van der Waals surface area contributed by atoms with Crippen LogP contribution in [0.15, 0.2) is 36.7 Å². The first-order valence-electron chi connectivity index (χ1n) is 8.68. The number of nitrogens with zero attached hydrogens (tertiary/aromatic N) is 3. The molecule has 138 valence electrons. The second-order valence-corrected chi connectivity index (χ2v) is 6.24. The van der Waals surface area contributed by atoms with E-state index in [0.29, 0.717) is 19.6 Å². The van der Waals surface area contributed by atoms with Crippen molar-refractivity contribution in [3.63, 3.8) is 0 Å². The Morgan fingerprint density at radius 2 is 2.19 bits per heavy atom. The molecule has 1 atom stereocenters. The van der Waals surface area contributed by atoms with Crippen LogP contribution < -0.4 is 4.74 Å². The monoisotopic (exact) mass is 359 g/mol. The number of methoxy groups -OCH3 is 1. The highest BCUT2D eigenvalue weighted by Gasteiger charge is 2.26. The Labute approximate surface area is 152 Å². The van der Waals surface area contributed by atoms with Gasteiger partial charge in [-0.2, -0.15) is 0 Å². The average molecular weight is 359 g/mol. The molecule has 2 aromatic rings. The molecular weight excluding hydrogens is 337 g/mol. The van der Waals surface area contributed by atoms with Crippen molar-refractivity contribution >= 4 is 5.91 Å². The van der Waals surface area contributed by atoms with Gasteiger partial charge in [0.25, 0.3) is 0 Å².